The predicted molar refractivity (Wildman–Crippen MR) is 66.3 cm³/mol. The van der Waals surface area contributed by atoms with Crippen molar-refractivity contribution in [2.24, 2.45) is 0 Å². The molecule has 98 valence electrons. The van der Waals surface area contributed by atoms with Gasteiger partial charge in [0, 0.05) is 28.9 Å². The van der Waals surface area contributed by atoms with E-state index in [4.69, 9.17) is 5.11 Å². The first-order valence-corrected chi connectivity index (χ1v) is 6.70. The van der Waals surface area contributed by atoms with Crippen LogP contribution in [0.2, 0.25) is 0 Å². The normalized spacial score (nSPS) is 15.4. The van der Waals surface area contributed by atoms with Gasteiger partial charge in [0.25, 0.3) is 0 Å². The van der Waals surface area contributed by atoms with Gasteiger partial charge in [-0.2, -0.15) is 0 Å². The number of urea groups is 1. The molecule has 0 fully saturated rings. The summed E-state index contributed by atoms with van der Waals surface area (Å²) >= 11 is 0. The molecule has 0 rings (SSSR count). The lowest BCUT2D eigenvalue weighted by atomic mass is 10.2. The number of carboxylic acid groups (broad SMARTS) is 1. The van der Waals surface area contributed by atoms with E-state index in [1.54, 1.807) is 13.2 Å². The fourth-order valence-electron chi connectivity index (χ4n) is 0.951. The monoisotopic (exact) mass is 262 g/mol. The number of aliphatic carboxylic acids is 1. The molecule has 3 N–H and O–H groups in total. The van der Waals surface area contributed by atoms with Crippen molar-refractivity contribution in [3.8, 4) is 0 Å². The number of rotatable bonds is 7. The van der Waals surface area contributed by atoms with E-state index in [9.17, 15) is 13.8 Å². The molecule has 0 heterocycles. The Bertz CT molecular complexity index is 319. The number of hydrogen-bond donors (Lipinski definition) is 3. The van der Waals surface area contributed by atoms with Crippen molar-refractivity contribution >= 4 is 22.8 Å². The smallest absolute Gasteiger partial charge is 0.326 e. The van der Waals surface area contributed by atoms with E-state index in [1.807, 2.05) is 0 Å². The van der Waals surface area contributed by atoms with E-state index in [0.717, 1.165) is 0 Å². The van der Waals surface area contributed by atoms with E-state index < -0.39 is 28.8 Å². The van der Waals surface area contributed by atoms with Gasteiger partial charge in [-0.3, -0.25) is 4.21 Å². The highest BCUT2D eigenvalue weighted by molar-refractivity contribution is 7.84. The maximum atomic E-state index is 11.3. The molecule has 0 aliphatic carbocycles. The second-order valence-corrected chi connectivity index (χ2v) is 5.38. The summed E-state index contributed by atoms with van der Waals surface area (Å²) in [5, 5.41) is 13.4. The van der Waals surface area contributed by atoms with E-state index in [2.05, 4.69) is 17.2 Å². The number of hydrogen-bond acceptors (Lipinski definition) is 3. The largest absolute Gasteiger partial charge is 0.480 e. The predicted octanol–water partition coefficient (Wildman–Crippen LogP) is 0.0819. The van der Waals surface area contributed by atoms with Crippen LogP contribution in [-0.4, -0.2) is 45.4 Å². The summed E-state index contributed by atoms with van der Waals surface area (Å²) in [6, 6.07) is -1.58. The molecular formula is C10H18N2O4S. The molecule has 3 unspecified atom stereocenters. The summed E-state index contributed by atoms with van der Waals surface area (Å²) in [7, 11) is -1.03. The van der Waals surface area contributed by atoms with Crippen molar-refractivity contribution in [1.29, 1.82) is 0 Å². The van der Waals surface area contributed by atoms with Gasteiger partial charge in [-0.15, -0.1) is 6.58 Å². The first-order valence-electron chi connectivity index (χ1n) is 5.08. The molecule has 7 heteroatoms. The van der Waals surface area contributed by atoms with Gasteiger partial charge in [0.1, 0.15) is 6.04 Å². The second-order valence-electron chi connectivity index (χ2n) is 3.58. The Morgan fingerprint density at radius 3 is 2.53 bits per heavy atom. The average Bonchev–Trinajstić information content (AvgIpc) is 2.24. The number of carbonyl (C=O) groups is 2. The van der Waals surface area contributed by atoms with E-state index in [-0.39, 0.29) is 18.2 Å². The molecule has 3 atom stereocenters. The highest BCUT2D eigenvalue weighted by atomic mass is 32.2. The molecule has 0 aliphatic rings. The van der Waals surface area contributed by atoms with Crippen LogP contribution in [0.25, 0.3) is 0 Å². The zero-order chi connectivity index (χ0) is 13.4. The fraction of sp³-hybridized carbons (Fsp3) is 0.600. The van der Waals surface area contributed by atoms with Crippen LogP contribution in [0.3, 0.4) is 0 Å². The fourth-order valence-corrected chi connectivity index (χ4v) is 1.27. The number of carboxylic acids is 1. The lowest BCUT2D eigenvalue weighted by Gasteiger charge is -2.15. The minimum atomic E-state index is -1.12. The summed E-state index contributed by atoms with van der Waals surface area (Å²) in [5.74, 6) is -1.12. The summed E-state index contributed by atoms with van der Waals surface area (Å²) in [5.41, 5.74) is 0. The summed E-state index contributed by atoms with van der Waals surface area (Å²) in [4.78, 5) is 22.1. The van der Waals surface area contributed by atoms with Crippen molar-refractivity contribution < 1.29 is 18.9 Å². The minimum Gasteiger partial charge on any atom is -0.480 e. The van der Waals surface area contributed by atoms with Crippen LogP contribution in [0.15, 0.2) is 12.7 Å². The van der Waals surface area contributed by atoms with Gasteiger partial charge in [0.15, 0.2) is 0 Å². The molecule has 0 aromatic carbocycles. The molecule has 0 radical (unpaired) electrons. The van der Waals surface area contributed by atoms with Crippen molar-refractivity contribution in [1.82, 2.24) is 10.6 Å². The molecular weight excluding hydrogens is 244 g/mol. The Hall–Kier alpha value is -1.37. The van der Waals surface area contributed by atoms with Gasteiger partial charge in [-0.25, -0.2) is 9.59 Å². The Labute approximate surface area is 103 Å². The molecule has 0 spiro atoms. The Balaban J connectivity index is 4.11. The van der Waals surface area contributed by atoms with E-state index in [0.29, 0.717) is 0 Å². The Morgan fingerprint density at radius 1 is 1.53 bits per heavy atom. The maximum absolute atomic E-state index is 11.3. The molecule has 0 bridgehead atoms. The molecule has 6 nitrogen and oxygen atoms in total. The van der Waals surface area contributed by atoms with Crippen LogP contribution < -0.4 is 10.6 Å². The van der Waals surface area contributed by atoms with Gasteiger partial charge in [-0.05, 0) is 13.3 Å². The SMILES string of the molecule is C=CCC(NC(=O)NCC(C)S(C)=O)C(=O)O. The highest BCUT2D eigenvalue weighted by Crippen LogP contribution is 1.94. The first kappa shape index (κ1) is 15.6. The second kappa shape index (κ2) is 7.83. The number of carbonyl (C=O) groups excluding carboxylic acids is 1. The van der Waals surface area contributed by atoms with Crippen molar-refractivity contribution in [2.75, 3.05) is 12.8 Å². The molecule has 0 aromatic heterocycles. The van der Waals surface area contributed by atoms with E-state index in [1.165, 1.54) is 6.08 Å². The quantitative estimate of drug-likeness (QED) is 0.566. The topological polar surface area (TPSA) is 95.5 Å². The highest BCUT2D eigenvalue weighted by Gasteiger charge is 2.18. The molecule has 0 aliphatic heterocycles. The third-order valence-electron chi connectivity index (χ3n) is 2.12. The lowest BCUT2D eigenvalue weighted by molar-refractivity contribution is -0.139. The zero-order valence-corrected chi connectivity index (χ0v) is 10.8. The van der Waals surface area contributed by atoms with Crippen LogP contribution in [-0.2, 0) is 15.6 Å². The van der Waals surface area contributed by atoms with Crippen LogP contribution >= 0.6 is 0 Å². The van der Waals surface area contributed by atoms with Crippen LogP contribution in [0.1, 0.15) is 13.3 Å². The number of amides is 2. The Morgan fingerprint density at radius 2 is 2.12 bits per heavy atom. The number of nitrogens with one attached hydrogen (secondary N) is 2. The average molecular weight is 262 g/mol. The van der Waals surface area contributed by atoms with Crippen molar-refractivity contribution in [2.45, 2.75) is 24.6 Å². The van der Waals surface area contributed by atoms with Crippen molar-refractivity contribution in [3.63, 3.8) is 0 Å². The summed E-state index contributed by atoms with van der Waals surface area (Å²) < 4.78 is 11.0. The maximum Gasteiger partial charge on any atom is 0.326 e. The van der Waals surface area contributed by atoms with Crippen LogP contribution in [0.5, 0.6) is 0 Å². The van der Waals surface area contributed by atoms with Gasteiger partial charge in [-0.1, -0.05) is 6.08 Å². The molecule has 0 saturated carbocycles. The Kier molecular flexibility index (Phi) is 7.20. The summed E-state index contributed by atoms with van der Waals surface area (Å²) in [6.07, 6.45) is 3.11. The standard InChI is InChI=1S/C10H18N2O4S/c1-4-5-8(9(13)14)12-10(15)11-6-7(2)17(3)16/h4,7-8H,1,5-6H2,2-3H3,(H,13,14)(H2,11,12,15). The van der Waals surface area contributed by atoms with Crippen molar-refractivity contribution in [3.05, 3.63) is 12.7 Å². The van der Waals surface area contributed by atoms with E-state index >= 15 is 0 Å². The third kappa shape index (κ3) is 6.72. The molecule has 2 amide bonds. The van der Waals surface area contributed by atoms with Gasteiger partial charge in [0.2, 0.25) is 0 Å². The van der Waals surface area contributed by atoms with Crippen LogP contribution in [0, 0.1) is 0 Å². The zero-order valence-electron chi connectivity index (χ0n) is 9.93. The van der Waals surface area contributed by atoms with Crippen LogP contribution in [0.4, 0.5) is 4.79 Å². The molecule has 17 heavy (non-hydrogen) atoms. The summed E-state index contributed by atoms with van der Waals surface area (Å²) in [6.45, 7) is 5.37. The lowest BCUT2D eigenvalue weighted by Crippen LogP contribution is -2.47. The first-order chi connectivity index (χ1) is 7.88. The molecule has 0 saturated heterocycles. The van der Waals surface area contributed by atoms with Gasteiger partial charge >= 0.3 is 12.0 Å². The van der Waals surface area contributed by atoms with Gasteiger partial charge < -0.3 is 15.7 Å². The molecule has 0 aromatic rings. The van der Waals surface area contributed by atoms with Gasteiger partial charge in [0.05, 0.1) is 0 Å². The third-order valence-corrected chi connectivity index (χ3v) is 3.42. The minimum absolute atomic E-state index is 0.151.